The van der Waals surface area contributed by atoms with Gasteiger partial charge in [-0.15, -0.1) is 0 Å². The van der Waals surface area contributed by atoms with Gasteiger partial charge in [0.2, 0.25) is 0 Å². The van der Waals surface area contributed by atoms with E-state index in [0.29, 0.717) is 5.75 Å². The molecule has 0 aliphatic heterocycles. The topological polar surface area (TPSA) is 20.2 Å². The van der Waals surface area contributed by atoms with Gasteiger partial charge in [0.05, 0.1) is 5.02 Å². The molecule has 15 heavy (non-hydrogen) atoms. The minimum atomic E-state index is 0.322. The number of hydrogen-bond donors (Lipinski definition) is 1. The summed E-state index contributed by atoms with van der Waals surface area (Å²) < 4.78 is 0.946. The summed E-state index contributed by atoms with van der Waals surface area (Å²) in [5, 5.41) is 9.39. The van der Waals surface area contributed by atoms with Crippen molar-refractivity contribution in [2.75, 3.05) is 0 Å². The standard InChI is InChI=1S/C6H4BrCl.C6H6O/c7-5-3-1-2-4-6(5)8;7-6-4-2-1-3-5-6/h1-4H;1-5,7H. The van der Waals surface area contributed by atoms with Gasteiger partial charge < -0.3 is 5.11 Å². The van der Waals surface area contributed by atoms with E-state index in [1.54, 1.807) is 24.3 Å². The molecule has 0 aromatic heterocycles. The lowest BCUT2D eigenvalue weighted by atomic mass is 10.3. The van der Waals surface area contributed by atoms with Gasteiger partial charge in [-0.3, -0.25) is 0 Å². The van der Waals surface area contributed by atoms with Gasteiger partial charge >= 0.3 is 0 Å². The van der Waals surface area contributed by atoms with Gasteiger partial charge in [0.15, 0.2) is 0 Å². The van der Waals surface area contributed by atoms with E-state index in [4.69, 9.17) is 16.7 Å². The SMILES string of the molecule is Clc1ccccc1Br.Oc1ccccc1. The van der Waals surface area contributed by atoms with E-state index < -0.39 is 0 Å². The number of phenolic OH excluding ortho intramolecular Hbond substituents is 1. The lowest BCUT2D eigenvalue weighted by Gasteiger charge is -1.88. The number of aromatic hydroxyl groups is 1. The second-order valence-corrected chi connectivity index (χ2v) is 4.01. The monoisotopic (exact) mass is 284 g/mol. The maximum Gasteiger partial charge on any atom is 0.115 e. The minimum Gasteiger partial charge on any atom is -0.508 e. The third-order valence-electron chi connectivity index (χ3n) is 1.58. The van der Waals surface area contributed by atoms with Crippen molar-refractivity contribution in [3.8, 4) is 5.75 Å². The van der Waals surface area contributed by atoms with Crippen molar-refractivity contribution in [3.63, 3.8) is 0 Å². The lowest BCUT2D eigenvalue weighted by molar-refractivity contribution is 0.475. The average Bonchev–Trinajstić information content (AvgIpc) is 2.25. The zero-order valence-corrected chi connectivity index (χ0v) is 10.2. The molecule has 0 unspecified atom stereocenters. The second-order valence-electron chi connectivity index (χ2n) is 2.75. The molecule has 0 fully saturated rings. The van der Waals surface area contributed by atoms with Crippen molar-refractivity contribution in [3.05, 3.63) is 64.1 Å². The molecule has 1 N–H and O–H groups in total. The Morgan fingerprint density at radius 1 is 0.867 bits per heavy atom. The van der Waals surface area contributed by atoms with Crippen LogP contribution in [0.25, 0.3) is 0 Å². The third-order valence-corrected chi connectivity index (χ3v) is 2.83. The lowest BCUT2D eigenvalue weighted by Crippen LogP contribution is -1.62. The van der Waals surface area contributed by atoms with Crippen molar-refractivity contribution in [2.24, 2.45) is 0 Å². The van der Waals surface area contributed by atoms with Crippen LogP contribution in [0.15, 0.2) is 59.1 Å². The molecule has 78 valence electrons. The van der Waals surface area contributed by atoms with Gasteiger partial charge in [0.25, 0.3) is 0 Å². The molecular formula is C12H10BrClO. The van der Waals surface area contributed by atoms with Gasteiger partial charge in [0.1, 0.15) is 5.75 Å². The van der Waals surface area contributed by atoms with E-state index in [-0.39, 0.29) is 0 Å². The van der Waals surface area contributed by atoms with Crippen molar-refractivity contribution in [1.29, 1.82) is 0 Å². The molecule has 0 radical (unpaired) electrons. The van der Waals surface area contributed by atoms with Gasteiger partial charge in [-0.05, 0) is 40.2 Å². The van der Waals surface area contributed by atoms with Crippen LogP contribution < -0.4 is 0 Å². The summed E-state index contributed by atoms with van der Waals surface area (Å²) in [6.45, 7) is 0. The van der Waals surface area contributed by atoms with E-state index in [1.165, 1.54) is 0 Å². The van der Waals surface area contributed by atoms with Crippen LogP contribution in [0.2, 0.25) is 5.02 Å². The number of para-hydroxylation sites is 1. The molecule has 0 aliphatic carbocycles. The molecule has 0 atom stereocenters. The average molecular weight is 286 g/mol. The molecule has 0 bridgehead atoms. The largest absolute Gasteiger partial charge is 0.508 e. The summed E-state index contributed by atoms with van der Waals surface area (Å²) in [7, 11) is 0. The Morgan fingerprint density at radius 3 is 1.73 bits per heavy atom. The van der Waals surface area contributed by atoms with E-state index in [9.17, 15) is 0 Å². The Kier molecular flexibility index (Phi) is 5.22. The summed E-state index contributed by atoms with van der Waals surface area (Å²) in [4.78, 5) is 0. The fraction of sp³-hybridized carbons (Fsp3) is 0. The predicted molar refractivity (Wildman–Crippen MR) is 67.3 cm³/mol. The summed E-state index contributed by atoms with van der Waals surface area (Å²) in [6.07, 6.45) is 0. The maximum atomic E-state index is 8.63. The van der Waals surface area contributed by atoms with Crippen molar-refractivity contribution >= 4 is 27.5 Å². The smallest absolute Gasteiger partial charge is 0.115 e. The fourth-order valence-electron chi connectivity index (χ4n) is 0.867. The Bertz CT molecular complexity index is 382. The number of benzene rings is 2. The van der Waals surface area contributed by atoms with Crippen molar-refractivity contribution in [1.82, 2.24) is 0 Å². The quantitative estimate of drug-likeness (QED) is 0.756. The Morgan fingerprint density at radius 2 is 1.40 bits per heavy atom. The normalized spacial score (nSPS) is 8.93. The summed E-state index contributed by atoms with van der Waals surface area (Å²) in [5.74, 6) is 0.322. The molecular weight excluding hydrogens is 275 g/mol. The highest BCUT2D eigenvalue weighted by Crippen LogP contribution is 2.20. The number of hydrogen-bond acceptors (Lipinski definition) is 1. The van der Waals surface area contributed by atoms with E-state index in [2.05, 4.69) is 15.9 Å². The van der Waals surface area contributed by atoms with Crippen LogP contribution in [0.4, 0.5) is 0 Å². The highest BCUT2D eigenvalue weighted by Gasteiger charge is 1.88. The summed E-state index contributed by atoms with van der Waals surface area (Å²) in [5.41, 5.74) is 0. The predicted octanol–water partition coefficient (Wildman–Crippen LogP) is 4.49. The third kappa shape index (κ3) is 4.86. The Balaban J connectivity index is 0.000000151. The first-order valence-electron chi connectivity index (χ1n) is 4.34. The summed E-state index contributed by atoms with van der Waals surface area (Å²) in [6, 6.07) is 16.3. The van der Waals surface area contributed by atoms with Gasteiger partial charge in [-0.1, -0.05) is 41.9 Å². The van der Waals surface area contributed by atoms with Gasteiger partial charge in [-0.2, -0.15) is 0 Å². The van der Waals surface area contributed by atoms with Crippen molar-refractivity contribution < 1.29 is 5.11 Å². The number of halogens is 2. The Hall–Kier alpha value is -0.990. The first-order valence-corrected chi connectivity index (χ1v) is 5.51. The van der Waals surface area contributed by atoms with E-state index in [0.717, 1.165) is 9.50 Å². The highest BCUT2D eigenvalue weighted by atomic mass is 79.9. The van der Waals surface area contributed by atoms with Crippen LogP contribution >= 0.6 is 27.5 Å². The molecule has 0 saturated heterocycles. The second kappa shape index (κ2) is 6.49. The molecule has 2 aromatic rings. The molecule has 0 amide bonds. The molecule has 1 nitrogen and oxygen atoms in total. The highest BCUT2D eigenvalue weighted by molar-refractivity contribution is 9.10. The van der Waals surface area contributed by atoms with Crippen LogP contribution in [-0.2, 0) is 0 Å². The molecule has 0 aliphatic rings. The van der Waals surface area contributed by atoms with Crippen LogP contribution in [0, 0.1) is 0 Å². The molecule has 0 heterocycles. The number of phenols is 1. The van der Waals surface area contributed by atoms with Crippen LogP contribution in [-0.4, -0.2) is 5.11 Å². The van der Waals surface area contributed by atoms with Gasteiger partial charge in [0, 0.05) is 4.47 Å². The molecule has 0 saturated carbocycles. The van der Waals surface area contributed by atoms with E-state index in [1.807, 2.05) is 30.3 Å². The number of rotatable bonds is 0. The fourth-order valence-corrected chi connectivity index (χ4v) is 1.29. The molecule has 3 heteroatoms. The van der Waals surface area contributed by atoms with Crippen molar-refractivity contribution in [2.45, 2.75) is 0 Å². The summed E-state index contributed by atoms with van der Waals surface area (Å²) >= 11 is 8.93. The van der Waals surface area contributed by atoms with Crippen LogP contribution in [0.1, 0.15) is 0 Å². The minimum absolute atomic E-state index is 0.322. The van der Waals surface area contributed by atoms with Gasteiger partial charge in [-0.25, -0.2) is 0 Å². The zero-order chi connectivity index (χ0) is 11.1. The molecule has 2 aromatic carbocycles. The maximum absolute atomic E-state index is 8.63. The molecule has 2 rings (SSSR count). The first-order chi connectivity index (χ1) is 7.20. The van der Waals surface area contributed by atoms with Crippen LogP contribution in [0.3, 0.4) is 0 Å². The zero-order valence-electron chi connectivity index (χ0n) is 7.90. The molecule has 0 spiro atoms. The van der Waals surface area contributed by atoms with Crippen LogP contribution in [0.5, 0.6) is 5.75 Å². The first kappa shape index (κ1) is 12.1. The van der Waals surface area contributed by atoms with E-state index >= 15 is 0 Å². The Labute approximate surface area is 102 Å².